The van der Waals surface area contributed by atoms with Crippen LogP contribution in [0.15, 0.2) is 24.3 Å². The van der Waals surface area contributed by atoms with Crippen LogP contribution < -0.4 is 11.1 Å². The first-order valence-electron chi connectivity index (χ1n) is 5.89. The zero-order valence-corrected chi connectivity index (χ0v) is 10.1. The minimum absolute atomic E-state index is 0.102. The minimum atomic E-state index is -0.394. The van der Waals surface area contributed by atoms with Gasteiger partial charge in [-0.1, -0.05) is 18.2 Å². The van der Waals surface area contributed by atoms with E-state index in [4.69, 9.17) is 10.8 Å². The Kier molecular flexibility index (Phi) is 5.66. The van der Waals surface area contributed by atoms with Gasteiger partial charge in [-0.25, -0.2) is 0 Å². The van der Waals surface area contributed by atoms with Crippen molar-refractivity contribution < 1.29 is 9.90 Å². The molecule has 0 spiro atoms. The van der Waals surface area contributed by atoms with E-state index in [1.807, 2.05) is 18.2 Å². The highest BCUT2D eigenvalue weighted by Crippen LogP contribution is 2.09. The van der Waals surface area contributed by atoms with Crippen molar-refractivity contribution in [2.75, 3.05) is 13.1 Å². The van der Waals surface area contributed by atoms with Crippen molar-refractivity contribution in [2.24, 2.45) is 5.73 Å². The van der Waals surface area contributed by atoms with Crippen molar-refractivity contribution in [3.8, 4) is 0 Å². The second kappa shape index (κ2) is 7.04. The molecule has 0 bridgehead atoms. The summed E-state index contributed by atoms with van der Waals surface area (Å²) in [6, 6.07) is 7.44. The van der Waals surface area contributed by atoms with Crippen LogP contribution in [0.2, 0.25) is 0 Å². The van der Waals surface area contributed by atoms with E-state index in [9.17, 15) is 4.79 Å². The lowest BCUT2D eigenvalue weighted by Gasteiger charge is -2.10. The molecule has 1 aromatic rings. The van der Waals surface area contributed by atoms with Crippen LogP contribution >= 0.6 is 0 Å². The molecular formula is C13H20N2O2. The van der Waals surface area contributed by atoms with Gasteiger partial charge in [-0.15, -0.1) is 0 Å². The van der Waals surface area contributed by atoms with Crippen molar-refractivity contribution in [3.63, 3.8) is 0 Å². The number of aliphatic hydroxyl groups excluding tert-OH is 1. The molecule has 4 heteroatoms. The van der Waals surface area contributed by atoms with E-state index in [2.05, 4.69) is 5.32 Å². The summed E-state index contributed by atoms with van der Waals surface area (Å²) in [6.45, 7) is 2.71. The molecule has 0 aliphatic heterocycles. The van der Waals surface area contributed by atoms with Crippen molar-refractivity contribution >= 4 is 5.91 Å². The molecule has 0 fully saturated rings. The van der Waals surface area contributed by atoms with E-state index >= 15 is 0 Å². The molecule has 17 heavy (non-hydrogen) atoms. The number of benzene rings is 1. The average molecular weight is 236 g/mol. The fraction of sp³-hybridized carbons (Fsp3) is 0.462. The Morgan fingerprint density at radius 3 is 2.82 bits per heavy atom. The van der Waals surface area contributed by atoms with Gasteiger partial charge in [0.1, 0.15) is 0 Å². The molecule has 1 unspecified atom stereocenters. The number of hydrogen-bond acceptors (Lipinski definition) is 3. The number of aliphatic hydroxyl groups is 1. The molecule has 0 saturated carbocycles. The predicted molar refractivity (Wildman–Crippen MR) is 67.8 cm³/mol. The Morgan fingerprint density at radius 2 is 2.18 bits per heavy atom. The molecule has 1 rings (SSSR count). The summed E-state index contributed by atoms with van der Waals surface area (Å²) >= 11 is 0. The van der Waals surface area contributed by atoms with Crippen LogP contribution in [0.4, 0.5) is 0 Å². The van der Waals surface area contributed by atoms with Crippen molar-refractivity contribution in [3.05, 3.63) is 35.4 Å². The second-order valence-corrected chi connectivity index (χ2v) is 4.09. The van der Waals surface area contributed by atoms with Crippen LogP contribution in [0.5, 0.6) is 0 Å². The maximum Gasteiger partial charge on any atom is 0.251 e. The monoisotopic (exact) mass is 236 g/mol. The molecule has 4 nitrogen and oxygen atoms in total. The zero-order valence-electron chi connectivity index (χ0n) is 10.1. The molecule has 0 saturated heterocycles. The maximum absolute atomic E-state index is 11.9. The SMILES string of the molecule is CC(O)CCNC(=O)c1ccccc1CCN. The summed E-state index contributed by atoms with van der Waals surface area (Å²) in [5, 5.41) is 11.9. The third-order valence-corrected chi connectivity index (χ3v) is 2.52. The van der Waals surface area contributed by atoms with E-state index in [0.29, 0.717) is 31.5 Å². The van der Waals surface area contributed by atoms with E-state index < -0.39 is 6.10 Å². The van der Waals surface area contributed by atoms with Gasteiger partial charge in [-0.2, -0.15) is 0 Å². The van der Waals surface area contributed by atoms with Crippen molar-refractivity contribution in [1.29, 1.82) is 0 Å². The van der Waals surface area contributed by atoms with Crippen LogP contribution in [0.3, 0.4) is 0 Å². The van der Waals surface area contributed by atoms with Crippen LogP contribution in [-0.2, 0) is 6.42 Å². The Bertz CT molecular complexity index is 364. The smallest absolute Gasteiger partial charge is 0.251 e. The third kappa shape index (κ3) is 4.54. The summed E-state index contributed by atoms with van der Waals surface area (Å²) in [4.78, 5) is 11.9. The van der Waals surface area contributed by atoms with Gasteiger partial charge in [0.25, 0.3) is 5.91 Å². The average Bonchev–Trinajstić information content (AvgIpc) is 2.29. The topological polar surface area (TPSA) is 75.3 Å². The van der Waals surface area contributed by atoms with E-state index in [0.717, 1.165) is 5.56 Å². The molecule has 0 aromatic heterocycles. The first-order valence-corrected chi connectivity index (χ1v) is 5.89. The molecule has 1 atom stereocenters. The highest BCUT2D eigenvalue weighted by molar-refractivity contribution is 5.95. The van der Waals surface area contributed by atoms with E-state index in [1.54, 1.807) is 13.0 Å². The quantitative estimate of drug-likeness (QED) is 0.680. The van der Waals surface area contributed by atoms with Gasteiger partial charge < -0.3 is 16.2 Å². The first-order chi connectivity index (χ1) is 8.15. The normalized spacial score (nSPS) is 12.2. The van der Waals surface area contributed by atoms with Gasteiger partial charge in [0.05, 0.1) is 6.10 Å². The molecule has 0 radical (unpaired) electrons. The number of hydrogen-bond donors (Lipinski definition) is 3. The summed E-state index contributed by atoms with van der Waals surface area (Å²) in [5.74, 6) is -0.102. The van der Waals surface area contributed by atoms with Gasteiger partial charge >= 0.3 is 0 Å². The van der Waals surface area contributed by atoms with Crippen LogP contribution in [0, 0.1) is 0 Å². The Balaban J connectivity index is 2.61. The van der Waals surface area contributed by atoms with Crippen LogP contribution in [0.1, 0.15) is 29.3 Å². The molecule has 94 valence electrons. The first kappa shape index (κ1) is 13.7. The Labute approximate surface area is 102 Å². The number of carbonyl (C=O) groups is 1. The molecule has 1 aromatic carbocycles. The van der Waals surface area contributed by atoms with Gasteiger partial charge in [0, 0.05) is 12.1 Å². The number of nitrogens with two attached hydrogens (primary N) is 1. The fourth-order valence-electron chi connectivity index (χ4n) is 1.61. The highest BCUT2D eigenvalue weighted by Gasteiger charge is 2.09. The molecule has 1 amide bonds. The minimum Gasteiger partial charge on any atom is -0.393 e. The van der Waals surface area contributed by atoms with Gasteiger partial charge in [-0.05, 0) is 37.9 Å². The van der Waals surface area contributed by atoms with Crippen molar-refractivity contribution in [2.45, 2.75) is 25.9 Å². The van der Waals surface area contributed by atoms with Gasteiger partial charge in [-0.3, -0.25) is 4.79 Å². The largest absolute Gasteiger partial charge is 0.393 e. The Hall–Kier alpha value is -1.39. The number of amides is 1. The number of rotatable bonds is 6. The number of nitrogens with one attached hydrogen (secondary N) is 1. The Morgan fingerprint density at radius 1 is 1.47 bits per heavy atom. The lowest BCUT2D eigenvalue weighted by molar-refractivity contribution is 0.0944. The summed E-state index contributed by atoms with van der Waals surface area (Å²) in [5.41, 5.74) is 7.14. The predicted octanol–water partition coefficient (Wildman–Crippen LogP) is 0.689. The van der Waals surface area contributed by atoms with Crippen LogP contribution in [0.25, 0.3) is 0 Å². The van der Waals surface area contributed by atoms with E-state index in [1.165, 1.54) is 0 Å². The zero-order chi connectivity index (χ0) is 12.7. The van der Waals surface area contributed by atoms with E-state index in [-0.39, 0.29) is 5.91 Å². The summed E-state index contributed by atoms with van der Waals surface area (Å²) in [6.07, 6.45) is 0.861. The van der Waals surface area contributed by atoms with Gasteiger partial charge in [0.2, 0.25) is 0 Å². The van der Waals surface area contributed by atoms with Crippen LogP contribution in [-0.4, -0.2) is 30.2 Å². The lowest BCUT2D eigenvalue weighted by Crippen LogP contribution is -2.27. The maximum atomic E-state index is 11.9. The standard InChI is InChI=1S/C13H20N2O2/c1-10(16)7-9-15-13(17)12-5-3-2-4-11(12)6-8-14/h2-5,10,16H,6-9,14H2,1H3,(H,15,17). The molecule has 0 aliphatic rings. The number of carbonyl (C=O) groups excluding carboxylic acids is 1. The van der Waals surface area contributed by atoms with Crippen molar-refractivity contribution in [1.82, 2.24) is 5.32 Å². The highest BCUT2D eigenvalue weighted by atomic mass is 16.3. The molecule has 0 heterocycles. The summed E-state index contributed by atoms with van der Waals surface area (Å²) in [7, 11) is 0. The summed E-state index contributed by atoms with van der Waals surface area (Å²) < 4.78 is 0. The third-order valence-electron chi connectivity index (χ3n) is 2.52. The lowest BCUT2D eigenvalue weighted by atomic mass is 10.0. The fourth-order valence-corrected chi connectivity index (χ4v) is 1.61. The molecular weight excluding hydrogens is 216 g/mol. The molecule has 4 N–H and O–H groups in total. The van der Waals surface area contributed by atoms with Gasteiger partial charge in [0.15, 0.2) is 0 Å². The molecule has 0 aliphatic carbocycles. The second-order valence-electron chi connectivity index (χ2n) is 4.09.